The molecule has 1 aliphatic carbocycles. The minimum absolute atomic E-state index is 0.339. The molecule has 2 unspecified atom stereocenters. The number of hydrogen-bond acceptors (Lipinski definition) is 2. The van der Waals surface area contributed by atoms with Crippen LogP contribution in [0.2, 0.25) is 0 Å². The van der Waals surface area contributed by atoms with Crippen molar-refractivity contribution in [2.75, 3.05) is 13.7 Å². The van der Waals surface area contributed by atoms with Crippen LogP contribution in [0.15, 0.2) is 24.3 Å². The lowest BCUT2D eigenvalue weighted by Crippen LogP contribution is -2.26. The molecule has 0 aliphatic heterocycles. The molecular formula is C17H27NO. The van der Waals surface area contributed by atoms with E-state index in [0.717, 1.165) is 13.0 Å². The van der Waals surface area contributed by atoms with E-state index in [4.69, 9.17) is 4.74 Å². The summed E-state index contributed by atoms with van der Waals surface area (Å²) < 4.78 is 5.74. The third kappa shape index (κ3) is 3.80. The first-order valence-corrected chi connectivity index (χ1v) is 7.59. The van der Waals surface area contributed by atoms with Gasteiger partial charge in [0.05, 0.1) is 6.10 Å². The zero-order valence-corrected chi connectivity index (χ0v) is 12.5. The van der Waals surface area contributed by atoms with Crippen LogP contribution in [-0.2, 0) is 11.2 Å². The molecule has 0 fully saturated rings. The largest absolute Gasteiger partial charge is 0.379 e. The van der Waals surface area contributed by atoms with Crippen LogP contribution in [0.25, 0.3) is 0 Å². The zero-order valence-electron chi connectivity index (χ0n) is 12.5. The highest BCUT2D eigenvalue weighted by atomic mass is 16.5. The maximum absolute atomic E-state index is 5.74. The number of aryl methyl sites for hydroxylation is 1. The number of hydrogen-bond donors (Lipinski definition) is 1. The summed E-state index contributed by atoms with van der Waals surface area (Å²) in [6.45, 7) is 5.10. The van der Waals surface area contributed by atoms with Crippen molar-refractivity contribution in [1.29, 1.82) is 0 Å². The average Bonchev–Trinajstić information content (AvgIpc) is 2.57. The van der Waals surface area contributed by atoms with E-state index in [1.54, 1.807) is 0 Å². The van der Waals surface area contributed by atoms with Gasteiger partial charge in [-0.1, -0.05) is 24.3 Å². The standard InChI is InChI=1S/C17H27NO/c1-13(2)19-12-11-15-9-6-8-14-7-4-5-10-16(14)17(15)18-3/h4-5,7,10,13,15,17-18H,6,8-9,11-12H2,1-3H3. The van der Waals surface area contributed by atoms with Gasteiger partial charge in [0.15, 0.2) is 0 Å². The van der Waals surface area contributed by atoms with Crippen molar-refractivity contribution in [2.24, 2.45) is 5.92 Å². The Hall–Kier alpha value is -0.860. The fourth-order valence-corrected chi connectivity index (χ4v) is 3.20. The summed E-state index contributed by atoms with van der Waals surface area (Å²) in [5.41, 5.74) is 3.02. The first-order chi connectivity index (χ1) is 9.22. The number of nitrogens with one attached hydrogen (secondary N) is 1. The van der Waals surface area contributed by atoms with Gasteiger partial charge in [-0.3, -0.25) is 0 Å². The predicted molar refractivity (Wildman–Crippen MR) is 80.4 cm³/mol. The lowest BCUT2D eigenvalue weighted by atomic mass is 9.88. The van der Waals surface area contributed by atoms with E-state index < -0.39 is 0 Å². The SMILES string of the molecule is CNC1c2ccccc2CCCC1CCOC(C)C. The predicted octanol–water partition coefficient (Wildman–Crippen LogP) is 3.71. The molecular weight excluding hydrogens is 234 g/mol. The topological polar surface area (TPSA) is 21.3 Å². The second kappa shape index (κ2) is 7.06. The van der Waals surface area contributed by atoms with Crippen LogP contribution >= 0.6 is 0 Å². The van der Waals surface area contributed by atoms with Gasteiger partial charge in [-0.15, -0.1) is 0 Å². The summed E-state index contributed by atoms with van der Waals surface area (Å²) in [5.74, 6) is 0.687. The van der Waals surface area contributed by atoms with E-state index in [0.29, 0.717) is 18.1 Å². The van der Waals surface area contributed by atoms with Gasteiger partial charge >= 0.3 is 0 Å². The lowest BCUT2D eigenvalue weighted by Gasteiger charge is -2.26. The summed E-state index contributed by atoms with van der Waals surface area (Å²) in [6, 6.07) is 9.38. The van der Waals surface area contributed by atoms with Gasteiger partial charge < -0.3 is 10.1 Å². The second-order valence-corrected chi connectivity index (χ2v) is 5.83. The molecule has 0 bridgehead atoms. The molecule has 2 rings (SSSR count). The summed E-state index contributed by atoms with van der Waals surface area (Å²) in [5, 5.41) is 3.53. The van der Waals surface area contributed by atoms with Crippen molar-refractivity contribution < 1.29 is 4.74 Å². The van der Waals surface area contributed by atoms with Crippen LogP contribution in [0.1, 0.15) is 50.3 Å². The highest BCUT2D eigenvalue weighted by molar-refractivity contribution is 5.31. The maximum atomic E-state index is 5.74. The van der Waals surface area contributed by atoms with Crippen molar-refractivity contribution in [2.45, 2.75) is 51.7 Å². The van der Waals surface area contributed by atoms with Gasteiger partial charge in [-0.05, 0) is 63.6 Å². The van der Waals surface area contributed by atoms with Crippen molar-refractivity contribution in [1.82, 2.24) is 5.32 Å². The molecule has 1 aliphatic rings. The van der Waals surface area contributed by atoms with Gasteiger partial charge in [0.2, 0.25) is 0 Å². The van der Waals surface area contributed by atoms with E-state index in [2.05, 4.69) is 50.5 Å². The quantitative estimate of drug-likeness (QED) is 0.816. The Morgan fingerprint density at radius 3 is 2.84 bits per heavy atom. The molecule has 1 aromatic rings. The third-order valence-electron chi connectivity index (χ3n) is 4.13. The van der Waals surface area contributed by atoms with E-state index in [1.807, 2.05) is 0 Å². The Balaban J connectivity index is 2.07. The highest BCUT2D eigenvalue weighted by Gasteiger charge is 2.26. The van der Waals surface area contributed by atoms with Gasteiger partial charge in [-0.2, -0.15) is 0 Å². The van der Waals surface area contributed by atoms with Crippen LogP contribution in [-0.4, -0.2) is 19.8 Å². The second-order valence-electron chi connectivity index (χ2n) is 5.83. The first-order valence-electron chi connectivity index (χ1n) is 7.59. The molecule has 1 N–H and O–H groups in total. The van der Waals surface area contributed by atoms with Crippen LogP contribution in [0.5, 0.6) is 0 Å². The molecule has 2 nitrogen and oxygen atoms in total. The van der Waals surface area contributed by atoms with E-state index in [-0.39, 0.29) is 0 Å². The van der Waals surface area contributed by atoms with E-state index in [1.165, 1.54) is 30.4 Å². The molecule has 1 aromatic carbocycles. The van der Waals surface area contributed by atoms with Gasteiger partial charge in [0, 0.05) is 12.6 Å². The molecule has 0 amide bonds. The van der Waals surface area contributed by atoms with Crippen molar-refractivity contribution in [3.8, 4) is 0 Å². The number of fused-ring (bicyclic) bond motifs is 1. The van der Waals surface area contributed by atoms with Crippen LogP contribution in [0.3, 0.4) is 0 Å². The zero-order chi connectivity index (χ0) is 13.7. The van der Waals surface area contributed by atoms with Crippen LogP contribution in [0.4, 0.5) is 0 Å². The Morgan fingerprint density at radius 1 is 1.32 bits per heavy atom. The molecule has 0 aromatic heterocycles. The fraction of sp³-hybridized carbons (Fsp3) is 0.647. The minimum Gasteiger partial charge on any atom is -0.379 e. The Labute approximate surface area is 117 Å². The number of ether oxygens (including phenoxy) is 1. The van der Waals surface area contributed by atoms with Crippen molar-refractivity contribution in [3.05, 3.63) is 35.4 Å². The third-order valence-corrected chi connectivity index (χ3v) is 4.13. The molecule has 19 heavy (non-hydrogen) atoms. The van der Waals surface area contributed by atoms with Crippen molar-refractivity contribution >= 4 is 0 Å². The van der Waals surface area contributed by atoms with E-state index >= 15 is 0 Å². The molecule has 0 spiro atoms. The normalized spacial score (nSPS) is 23.2. The number of benzene rings is 1. The first kappa shape index (κ1) is 14.5. The Bertz CT molecular complexity index is 389. The van der Waals surface area contributed by atoms with Crippen molar-refractivity contribution in [3.63, 3.8) is 0 Å². The smallest absolute Gasteiger partial charge is 0.0518 e. The van der Waals surface area contributed by atoms with Gasteiger partial charge in [0.25, 0.3) is 0 Å². The number of rotatable bonds is 5. The van der Waals surface area contributed by atoms with Crippen LogP contribution in [0, 0.1) is 5.92 Å². The minimum atomic E-state index is 0.339. The molecule has 0 heterocycles. The van der Waals surface area contributed by atoms with Gasteiger partial charge in [0.1, 0.15) is 0 Å². The maximum Gasteiger partial charge on any atom is 0.0518 e. The Kier molecular flexibility index (Phi) is 5.41. The summed E-state index contributed by atoms with van der Waals surface area (Å²) in [7, 11) is 2.09. The lowest BCUT2D eigenvalue weighted by molar-refractivity contribution is 0.0639. The van der Waals surface area contributed by atoms with E-state index in [9.17, 15) is 0 Å². The van der Waals surface area contributed by atoms with Gasteiger partial charge in [-0.25, -0.2) is 0 Å². The fourth-order valence-electron chi connectivity index (χ4n) is 3.20. The molecule has 106 valence electrons. The average molecular weight is 261 g/mol. The Morgan fingerprint density at radius 2 is 2.11 bits per heavy atom. The summed E-state index contributed by atoms with van der Waals surface area (Å²) in [6.07, 6.45) is 5.29. The molecule has 0 saturated heterocycles. The molecule has 0 radical (unpaired) electrons. The molecule has 2 atom stereocenters. The summed E-state index contributed by atoms with van der Waals surface area (Å²) >= 11 is 0. The monoisotopic (exact) mass is 261 g/mol. The molecule has 2 heteroatoms. The highest BCUT2D eigenvalue weighted by Crippen LogP contribution is 2.34. The molecule has 0 saturated carbocycles. The van der Waals surface area contributed by atoms with Crippen LogP contribution < -0.4 is 5.32 Å². The summed E-state index contributed by atoms with van der Waals surface area (Å²) in [4.78, 5) is 0.